The fourth-order valence-corrected chi connectivity index (χ4v) is 4.25. The summed E-state index contributed by atoms with van der Waals surface area (Å²) in [5, 5.41) is 0. The molecule has 0 bridgehead atoms. The molecule has 0 N–H and O–H groups in total. The molecule has 3 aliphatic rings. The Bertz CT molecular complexity index is 918. The summed E-state index contributed by atoms with van der Waals surface area (Å²) in [6, 6.07) is 7.50. The normalized spacial score (nSPS) is 21.8. The van der Waals surface area contributed by atoms with Gasteiger partial charge in [0.1, 0.15) is 11.4 Å². The number of benzene rings is 1. The Morgan fingerprint density at radius 3 is 2.67 bits per heavy atom. The zero-order valence-electron chi connectivity index (χ0n) is 15.2. The zero-order chi connectivity index (χ0) is 18.6. The number of hydrogen-bond donors (Lipinski definition) is 0. The third-order valence-corrected chi connectivity index (χ3v) is 6.11. The van der Waals surface area contributed by atoms with E-state index in [1.807, 2.05) is 12.1 Å². The smallest absolute Gasteiger partial charge is 0.341 e. The minimum atomic E-state index is -0.589. The van der Waals surface area contributed by atoms with E-state index in [9.17, 15) is 9.18 Å². The van der Waals surface area contributed by atoms with Crippen LogP contribution in [0.1, 0.15) is 34.3 Å². The van der Waals surface area contributed by atoms with Gasteiger partial charge >= 0.3 is 5.97 Å². The van der Waals surface area contributed by atoms with Gasteiger partial charge in [-0.3, -0.25) is 9.88 Å². The van der Waals surface area contributed by atoms with E-state index in [0.29, 0.717) is 28.4 Å². The second-order valence-corrected chi connectivity index (χ2v) is 7.69. The van der Waals surface area contributed by atoms with Gasteiger partial charge in [0, 0.05) is 43.3 Å². The van der Waals surface area contributed by atoms with E-state index < -0.39 is 5.60 Å². The van der Waals surface area contributed by atoms with Crippen molar-refractivity contribution in [2.24, 2.45) is 0 Å². The van der Waals surface area contributed by atoms with Crippen LogP contribution in [0, 0.1) is 12.7 Å². The van der Waals surface area contributed by atoms with Crippen LogP contribution in [-0.2, 0) is 15.1 Å². The largest absolute Gasteiger partial charge is 0.450 e. The molecule has 1 aromatic carbocycles. The van der Waals surface area contributed by atoms with Crippen LogP contribution in [0.2, 0.25) is 0 Å². The average molecular weight is 368 g/mol. The van der Waals surface area contributed by atoms with Crippen LogP contribution in [0.15, 0.2) is 30.5 Å². The lowest BCUT2D eigenvalue weighted by atomic mass is 9.83. The summed E-state index contributed by atoms with van der Waals surface area (Å²) in [5.74, 6) is -0.563. The number of nitrogens with zero attached hydrogens (tertiary/aromatic N) is 2. The molecule has 140 valence electrons. The highest BCUT2D eigenvalue weighted by Crippen LogP contribution is 2.45. The number of aromatic nitrogens is 1. The lowest BCUT2D eigenvalue weighted by molar-refractivity contribution is -0.101. The number of aryl methyl sites for hydroxylation is 1. The lowest BCUT2D eigenvalue weighted by Crippen LogP contribution is -2.54. The van der Waals surface area contributed by atoms with Gasteiger partial charge < -0.3 is 9.47 Å². The second kappa shape index (κ2) is 6.11. The fourth-order valence-electron chi connectivity index (χ4n) is 4.25. The molecule has 5 rings (SSSR count). The molecule has 2 aromatic rings. The zero-order valence-corrected chi connectivity index (χ0v) is 15.2. The van der Waals surface area contributed by atoms with Gasteiger partial charge in [0.2, 0.25) is 0 Å². The van der Waals surface area contributed by atoms with Crippen LogP contribution < -0.4 is 0 Å². The molecule has 4 heterocycles. The summed E-state index contributed by atoms with van der Waals surface area (Å²) in [4.78, 5) is 19.2. The van der Waals surface area contributed by atoms with Crippen molar-refractivity contribution < 1.29 is 18.7 Å². The summed E-state index contributed by atoms with van der Waals surface area (Å²) >= 11 is 0. The average Bonchev–Trinajstić information content (AvgIpc) is 2.89. The van der Waals surface area contributed by atoms with Crippen molar-refractivity contribution in [3.63, 3.8) is 0 Å². The molecule has 2 fully saturated rings. The van der Waals surface area contributed by atoms with Crippen LogP contribution in [0.3, 0.4) is 0 Å². The summed E-state index contributed by atoms with van der Waals surface area (Å²) in [6.07, 6.45) is 3.09. The van der Waals surface area contributed by atoms with Crippen molar-refractivity contribution in [3.05, 3.63) is 53.0 Å². The molecule has 0 unspecified atom stereocenters. The molecule has 2 saturated heterocycles. The van der Waals surface area contributed by atoms with E-state index in [2.05, 4.69) is 9.88 Å². The van der Waals surface area contributed by atoms with E-state index in [1.165, 1.54) is 6.07 Å². The number of esters is 1. The number of carbonyl (C=O) groups excluding carboxylic acids is 1. The number of pyridine rings is 1. The van der Waals surface area contributed by atoms with E-state index in [-0.39, 0.29) is 11.8 Å². The quantitative estimate of drug-likeness (QED) is 0.763. The number of ether oxygens (including phenoxy) is 2. The molecule has 0 saturated carbocycles. The maximum atomic E-state index is 14.0. The number of likely N-dealkylation sites (tertiary alicyclic amines) is 1. The van der Waals surface area contributed by atoms with Crippen molar-refractivity contribution in [1.29, 1.82) is 0 Å². The van der Waals surface area contributed by atoms with Gasteiger partial charge in [-0.15, -0.1) is 0 Å². The van der Waals surface area contributed by atoms with Crippen LogP contribution in [0.25, 0.3) is 11.3 Å². The van der Waals surface area contributed by atoms with E-state index in [1.54, 1.807) is 19.2 Å². The number of hydrogen-bond acceptors (Lipinski definition) is 5. The first-order valence-electron chi connectivity index (χ1n) is 9.38. The predicted octanol–water partition coefficient (Wildman–Crippen LogP) is 3.06. The van der Waals surface area contributed by atoms with Crippen LogP contribution in [0.4, 0.5) is 4.39 Å². The summed E-state index contributed by atoms with van der Waals surface area (Å²) in [7, 11) is 0. The minimum absolute atomic E-state index is 0.257. The summed E-state index contributed by atoms with van der Waals surface area (Å²) < 4.78 is 25.1. The molecule has 1 aromatic heterocycles. The highest BCUT2D eigenvalue weighted by molar-refractivity contribution is 5.95. The Labute approximate surface area is 157 Å². The molecule has 5 nitrogen and oxygen atoms in total. The molecule has 6 heteroatoms. The molecule has 0 aliphatic carbocycles. The van der Waals surface area contributed by atoms with Crippen LogP contribution in [-0.4, -0.2) is 48.2 Å². The van der Waals surface area contributed by atoms with Crippen molar-refractivity contribution in [2.75, 3.05) is 26.3 Å². The van der Waals surface area contributed by atoms with Crippen LogP contribution in [0.5, 0.6) is 0 Å². The van der Waals surface area contributed by atoms with Gasteiger partial charge in [0.25, 0.3) is 0 Å². The first-order valence-corrected chi connectivity index (χ1v) is 9.38. The molecule has 3 aliphatic heterocycles. The topological polar surface area (TPSA) is 51.7 Å². The molecule has 0 amide bonds. The molecule has 0 radical (unpaired) electrons. The first kappa shape index (κ1) is 16.8. The monoisotopic (exact) mass is 368 g/mol. The number of piperidine rings is 1. The minimum Gasteiger partial charge on any atom is -0.450 e. The fraction of sp³-hybridized carbons (Fsp3) is 0.429. The molecular weight excluding hydrogens is 347 g/mol. The summed E-state index contributed by atoms with van der Waals surface area (Å²) in [5.41, 5.74) is 2.81. The molecular formula is C21H21FN2O3. The SMILES string of the molecule is Cc1ccc(-c2cc3c(cn2)C(=O)OC32CCN(C3COC3)CC2)cc1F. The Morgan fingerprint density at radius 2 is 2.00 bits per heavy atom. The van der Waals surface area contributed by atoms with Crippen molar-refractivity contribution in [3.8, 4) is 11.3 Å². The third-order valence-electron chi connectivity index (χ3n) is 6.11. The third kappa shape index (κ3) is 2.66. The standard InChI is InChI=1S/C21H21FN2O3/c1-13-2-3-14(8-18(13)22)19-9-17-16(10-23-19)20(25)27-21(17)4-6-24(7-5-21)15-11-26-12-15/h2-3,8-10,15H,4-7,11-12H2,1H3. The highest BCUT2D eigenvalue weighted by atomic mass is 19.1. The Hall–Kier alpha value is -2.31. The number of fused-ring (bicyclic) bond motifs is 2. The van der Waals surface area contributed by atoms with Crippen LogP contribution >= 0.6 is 0 Å². The van der Waals surface area contributed by atoms with E-state index in [4.69, 9.17) is 9.47 Å². The maximum Gasteiger partial charge on any atom is 0.341 e. The molecule has 0 atom stereocenters. The number of carbonyl (C=O) groups is 1. The first-order chi connectivity index (χ1) is 13.1. The van der Waals surface area contributed by atoms with Gasteiger partial charge in [0.05, 0.1) is 30.5 Å². The van der Waals surface area contributed by atoms with Crippen molar-refractivity contribution >= 4 is 5.97 Å². The van der Waals surface area contributed by atoms with Crippen molar-refractivity contribution in [1.82, 2.24) is 9.88 Å². The number of rotatable bonds is 2. The van der Waals surface area contributed by atoms with Gasteiger partial charge in [-0.1, -0.05) is 12.1 Å². The molecule has 27 heavy (non-hydrogen) atoms. The van der Waals surface area contributed by atoms with Gasteiger partial charge in [-0.2, -0.15) is 0 Å². The Kier molecular flexibility index (Phi) is 3.81. The van der Waals surface area contributed by atoms with E-state index >= 15 is 0 Å². The lowest BCUT2D eigenvalue weighted by Gasteiger charge is -2.44. The van der Waals surface area contributed by atoms with Crippen molar-refractivity contribution in [2.45, 2.75) is 31.4 Å². The maximum absolute atomic E-state index is 14.0. The second-order valence-electron chi connectivity index (χ2n) is 7.69. The van der Waals surface area contributed by atoms with Gasteiger partial charge in [-0.05, 0) is 24.6 Å². The number of halogens is 1. The van der Waals surface area contributed by atoms with Gasteiger partial charge in [-0.25, -0.2) is 9.18 Å². The van der Waals surface area contributed by atoms with E-state index in [0.717, 1.165) is 44.7 Å². The predicted molar refractivity (Wildman–Crippen MR) is 96.9 cm³/mol. The molecule has 1 spiro atoms. The van der Waals surface area contributed by atoms with Gasteiger partial charge in [0.15, 0.2) is 0 Å². The Balaban J connectivity index is 1.48. The highest BCUT2D eigenvalue weighted by Gasteiger charge is 2.48. The summed E-state index contributed by atoms with van der Waals surface area (Å²) in [6.45, 7) is 5.06. The Morgan fingerprint density at radius 1 is 1.22 bits per heavy atom.